The number of benzene rings is 1. The van der Waals surface area contributed by atoms with Crippen molar-refractivity contribution in [2.75, 3.05) is 19.6 Å². The lowest BCUT2D eigenvalue weighted by Crippen LogP contribution is -2.51. The zero-order valence-electron chi connectivity index (χ0n) is 10.7. The minimum atomic E-state index is 0. The van der Waals surface area contributed by atoms with Crippen LogP contribution in [0.2, 0.25) is 10.0 Å². The smallest absolute Gasteiger partial charge is 0.227 e. The van der Waals surface area contributed by atoms with Crippen molar-refractivity contribution in [1.29, 1.82) is 0 Å². The van der Waals surface area contributed by atoms with E-state index in [-0.39, 0.29) is 18.3 Å². The van der Waals surface area contributed by atoms with Crippen molar-refractivity contribution in [2.45, 2.75) is 19.4 Å². The maximum Gasteiger partial charge on any atom is 0.227 e. The molecule has 3 nitrogen and oxygen atoms in total. The molecule has 1 unspecified atom stereocenters. The van der Waals surface area contributed by atoms with Crippen LogP contribution in [0.5, 0.6) is 0 Å². The van der Waals surface area contributed by atoms with Gasteiger partial charge in [-0.3, -0.25) is 4.79 Å². The van der Waals surface area contributed by atoms with Crippen LogP contribution in [0.25, 0.3) is 0 Å². The average molecular weight is 324 g/mol. The number of piperazine rings is 1. The molecule has 1 aromatic carbocycles. The predicted octanol–water partition coefficient (Wildman–Crippen LogP) is 2.78. The lowest BCUT2D eigenvalue weighted by molar-refractivity contribution is -0.131. The van der Waals surface area contributed by atoms with Crippen LogP contribution in [0.1, 0.15) is 12.5 Å². The Kier molecular flexibility index (Phi) is 6.40. The number of carbonyl (C=O) groups excluding carboxylic acids is 1. The van der Waals surface area contributed by atoms with Crippen molar-refractivity contribution >= 4 is 41.5 Å². The van der Waals surface area contributed by atoms with E-state index in [2.05, 4.69) is 12.2 Å². The molecule has 2 rings (SSSR count). The molecule has 1 heterocycles. The first-order valence-corrected chi connectivity index (χ1v) is 6.76. The number of nitrogens with one attached hydrogen (secondary N) is 1. The van der Waals surface area contributed by atoms with E-state index in [9.17, 15) is 4.79 Å². The summed E-state index contributed by atoms with van der Waals surface area (Å²) in [5.74, 6) is 0.127. The summed E-state index contributed by atoms with van der Waals surface area (Å²) in [7, 11) is 0. The van der Waals surface area contributed by atoms with Crippen molar-refractivity contribution in [1.82, 2.24) is 10.2 Å². The van der Waals surface area contributed by atoms with Crippen molar-refractivity contribution < 1.29 is 4.79 Å². The quantitative estimate of drug-likeness (QED) is 0.907. The second kappa shape index (κ2) is 7.34. The SMILES string of the molecule is CC1CN(C(=O)Cc2cc(Cl)cc(Cl)c2)CCN1.Cl. The van der Waals surface area contributed by atoms with Gasteiger partial charge in [-0.2, -0.15) is 0 Å². The fourth-order valence-electron chi connectivity index (χ4n) is 2.16. The molecule has 0 spiro atoms. The van der Waals surface area contributed by atoms with Crippen LogP contribution in [0.15, 0.2) is 18.2 Å². The minimum Gasteiger partial charge on any atom is -0.340 e. The molecule has 6 heteroatoms. The molecular weight excluding hydrogens is 307 g/mol. The lowest BCUT2D eigenvalue weighted by Gasteiger charge is -2.32. The monoisotopic (exact) mass is 322 g/mol. The van der Waals surface area contributed by atoms with E-state index in [1.165, 1.54) is 0 Å². The number of halogens is 3. The molecule has 0 bridgehead atoms. The molecule has 1 aromatic rings. The molecule has 1 aliphatic heterocycles. The molecule has 1 atom stereocenters. The van der Waals surface area contributed by atoms with Gasteiger partial charge in [0.2, 0.25) is 5.91 Å². The van der Waals surface area contributed by atoms with Gasteiger partial charge in [0.05, 0.1) is 6.42 Å². The zero-order valence-corrected chi connectivity index (χ0v) is 13.0. The largest absolute Gasteiger partial charge is 0.340 e. The van der Waals surface area contributed by atoms with Gasteiger partial charge in [0.15, 0.2) is 0 Å². The van der Waals surface area contributed by atoms with Gasteiger partial charge in [-0.1, -0.05) is 23.2 Å². The van der Waals surface area contributed by atoms with Gasteiger partial charge in [-0.05, 0) is 30.7 Å². The fraction of sp³-hybridized carbons (Fsp3) is 0.462. The van der Waals surface area contributed by atoms with Gasteiger partial charge in [0, 0.05) is 35.7 Å². The normalized spacial score (nSPS) is 18.9. The zero-order chi connectivity index (χ0) is 13.1. The fourth-order valence-corrected chi connectivity index (χ4v) is 2.73. The second-order valence-electron chi connectivity index (χ2n) is 4.65. The van der Waals surface area contributed by atoms with E-state index in [1.807, 2.05) is 4.90 Å². The maximum atomic E-state index is 12.1. The highest BCUT2D eigenvalue weighted by Gasteiger charge is 2.20. The molecule has 0 aliphatic carbocycles. The van der Waals surface area contributed by atoms with Gasteiger partial charge >= 0.3 is 0 Å². The Morgan fingerprint density at radius 2 is 2.00 bits per heavy atom. The van der Waals surface area contributed by atoms with Crippen molar-refractivity contribution in [3.8, 4) is 0 Å². The molecule has 19 heavy (non-hydrogen) atoms. The summed E-state index contributed by atoms with van der Waals surface area (Å²) in [4.78, 5) is 14.0. The summed E-state index contributed by atoms with van der Waals surface area (Å²) in [6.07, 6.45) is 0.354. The third-order valence-electron chi connectivity index (χ3n) is 3.00. The standard InChI is InChI=1S/C13H16Cl2N2O.ClH/c1-9-8-17(3-2-16-9)13(18)6-10-4-11(14)7-12(15)5-10;/h4-5,7,9,16H,2-3,6,8H2,1H3;1H. The first kappa shape index (κ1) is 16.6. The number of hydrogen-bond donors (Lipinski definition) is 1. The number of amides is 1. The summed E-state index contributed by atoms with van der Waals surface area (Å²) in [6, 6.07) is 5.60. The van der Waals surface area contributed by atoms with E-state index in [0.717, 1.165) is 25.2 Å². The van der Waals surface area contributed by atoms with Crippen LogP contribution in [-0.2, 0) is 11.2 Å². The van der Waals surface area contributed by atoms with Gasteiger partial charge < -0.3 is 10.2 Å². The molecule has 1 fully saturated rings. The second-order valence-corrected chi connectivity index (χ2v) is 5.52. The number of carbonyl (C=O) groups is 1. The predicted molar refractivity (Wildman–Crippen MR) is 81.5 cm³/mol. The van der Waals surface area contributed by atoms with Gasteiger partial charge in [-0.15, -0.1) is 12.4 Å². The van der Waals surface area contributed by atoms with Crippen LogP contribution < -0.4 is 5.32 Å². The molecular formula is C13H17Cl3N2O. The molecule has 0 saturated carbocycles. The molecule has 0 radical (unpaired) electrons. The first-order valence-electron chi connectivity index (χ1n) is 6.01. The molecule has 1 N–H and O–H groups in total. The van der Waals surface area contributed by atoms with Crippen LogP contribution >= 0.6 is 35.6 Å². The Bertz CT molecular complexity index is 433. The van der Waals surface area contributed by atoms with Gasteiger partial charge in [-0.25, -0.2) is 0 Å². The Morgan fingerprint density at radius 3 is 2.58 bits per heavy atom. The molecule has 106 valence electrons. The maximum absolute atomic E-state index is 12.1. The Balaban J connectivity index is 0.00000180. The number of rotatable bonds is 2. The van der Waals surface area contributed by atoms with E-state index >= 15 is 0 Å². The Morgan fingerprint density at radius 1 is 1.37 bits per heavy atom. The van der Waals surface area contributed by atoms with Gasteiger partial charge in [0.25, 0.3) is 0 Å². The van der Waals surface area contributed by atoms with Gasteiger partial charge in [0.1, 0.15) is 0 Å². The van der Waals surface area contributed by atoms with E-state index in [4.69, 9.17) is 23.2 Å². The number of hydrogen-bond acceptors (Lipinski definition) is 2. The average Bonchev–Trinajstić information content (AvgIpc) is 2.27. The molecule has 1 aliphatic rings. The Labute approximate surface area is 129 Å². The van der Waals surface area contributed by atoms with Crippen molar-refractivity contribution in [3.63, 3.8) is 0 Å². The van der Waals surface area contributed by atoms with Crippen LogP contribution in [0, 0.1) is 0 Å². The highest BCUT2D eigenvalue weighted by atomic mass is 35.5. The minimum absolute atomic E-state index is 0. The molecule has 1 saturated heterocycles. The van der Waals surface area contributed by atoms with Crippen LogP contribution in [-0.4, -0.2) is 36.5 Å². The summed E-state index contributed by atoms with van der Waals surface area (Å²) in [5.41, 5.74) is 0.865. The van der Waals surface area contributed by atoms with E-state index in [1.54, 1.807) is 18.2 Å². The van der Waals surface area contributed by atoms with Crippen molar-refractivity contribution in [2.24, 2.45) is 0 Å². The first-order chi connectivity index (χ1) is 8.54. The lowest BCUT2D eigenvalue weighted by atomic mass is 10.1. The summed E-state index contributed by atoms with van der Waals surface area (Å²) in [5, 5.41) is 4.45. The van der Waals surface area contributed by atoms with E-state index in [0.29, 0.717) is 22.5 Å². The highest BCUT2D eigenvalue weighted by Crippen LogP contribution is 2.20. The van der Waals surface area contributed by atoms with E-state index < -0.39 is 0 Å². The third kappa shape index (κ3) is 4.84. The van der Waals surface area contributed by atoms with Crippen LogP contribution in [0.3, 0.4) is 0 Å². The van der Waals surface area contributed by atoms with Crippen LogP contribution in [0.4, 0.5) is 0 Å². The Hall–Kier alpha value is -0.480. The van der Waals surface area contributed by atoms with Crippen molar-refractivity contribution in [3.05, 3.63) is 33.8 Å². The highest BCUT2D eigenvalue weighted by molar-refractivity contribution is 6.34. The molecule has 1 amide bonds. The summed E-state index contributed by atoms with van der Waals surface area (Å²) >= 11 is 11.8. The number of nitrogens with zero attached hydrogens (tertiary/aromatic N) is 1. The summed E-state index contributed by atoms with van der Waals surface area (Å²) < 4.78 is 0. The topological polar surface area (TPSA) is 32.3 Å². The third-order valence-corrected chi connectivity index (χ3v) is 3.44. The summed E-state index contributed by atoms with van der Waals surface area (Å²) in [6.45, 7) is 4.45. The molecule has 0 aromatic heterocycles.